The largest absolute Gasteiger partial charge is 0.481 e. The van der Waals surface area contributed by atoms with Gasteiger partial charge in [0.05, 0.1) is 24.6 Å². The summed E-state index contributed by atoms with van der Waals surface area (Å²) in [6.45, 7) is 1.70. The molecule has 0 aliphatic carbocycles. The highest BCUT2D eigenvalue weighted by Crippen LogP contribution is 2.30. The van der Waals surface area contributed by atoms with Gasteiger partial charge in [-0.3, -0.25) is 9.59 Å². The Morgan fingerprint density at radius 3 is 2.29 bits per heavy atom. The normalized spacial score (nSPS) is 12.1. The van der Waals surface area contributed by atoms with E-state index in [2.05, 4.69) is 10.6 Å². The highest BCUT2D eigenvalue weighted by atomic mass is 19.4. The third kappa shape index (κ3) is 6.47. The van der Waals surface area contributed by atoms with E-state index in [0.29, 0.717) is 23.4 Å². The summed E-state index contributed by atoms with van der Waals surface area (Å²) in [5.74, 6) is -1.19. The lowest BCUT2D eigenvalue weighted by Gasteiger charge is -2.19. The molecular formula is C24H22F3N3O4. The Kier molecular flexibility index (Phi) is 7.40. The first-order valence-corrected chi connectivity index (χ1v) is 10.2. The number of amides is 2. The van der Waals surface area contributed by atoms with Crippen LogP contribution in [0.3, 0.4) is 0 Å². The van der Waals surface area contributed by atoms with Gasteiger partial charge in [0.2, 0.25) is 0 Å². The lowest BCUT2D eigenvalue weighted by Crippen LogP contribution is -2.36. The fraction of sp³-hybridized carbons (Fsp3) is 0.208. The number of carbonyl (C=O) groups is 2. The maximum Gasteiger partial charge on any atom is 0.417 e. The molecule has 3 N–H and O–H groups in total. The maximum atomic E-state index is 13.5. The molecule has 0 unspecified atom stereocenters. The molecule has 0 bridgehead atoms. The first kappa shape index (κ1) is 24.6. The van der Waals surface area contributed by atoms with Crippen molar-refractivity contribution in [3.8, 4) is 0 Å². The zero-order valence-corrected chi connectivity index (χ0v) is 18.1. The molecule has 1 aromatic heterocycles. The van der Waals surface area contributed by atoms with Gasteiger partial charge in [-0.2, -0.15) is 13.2 Å². The Bertz CT molecular complexity index is 1220. The second-order valence-corrected chi connectivity index (χ2v) is 7.72. The monoisotopic (exact) mass is 473 g/mol. The number of nitrogens with zero attached hydrogens (tertiary/aromatic N) is 1. The van der Waals surface area contributed by atoms with Crippen LogP contribution in [0.2, 0.25) is 0 Å². The Morgan fingerprint density at radius 1 is 1.06 bits per heavy atom. The molecule has 0 saturated carbocycles. The standard InChI is InChI=1S/C24H22F3N3O4/c1-15-7-9-17(10-8-15)19(12-21(31)32)28-23(34)29-20-11-18(24(25,26)27)14-30(22(20)33)13-16-5-3-2-4-6-16/h2-11,14,19H,12-13H2,1H3,(H,31,32)(H2,28,29,34)/t19-/m0/s1. The predicted octanol–water partition coefficient (Wildman–Crippen LogP) is 4.56. The number of aromatic nitrogens is 1. The summed E-state index contributed by atoms with van der Waals surface area (Å²) in [7, 11) is 0. The third-order valence-electron chi connectivity index (χ3n) is 5.02. The van der Waals surface area contributed by atoms with Crippen molar-refractivity contribution in [3.05, 3.63) is 99.5 Å². The van der Waals surface area contributed by atoms with Gasteiger partial charge in [0.15, 0.2) is 0 Å². The van der Waals surface area contributed by atoms with Crippen LogP contribution in [-0.4, -0.2) is 21.7 Å². The van der Waals surface area contributed by atoms with Crippen molar-refractivity contribution >= 4 is 17.7 Å². The summed E-state index contributed by atoms with van der Waals surface area (Å²) in [4.78, 5) is 36.7. The quantitative estimate of drug-likeness (QED) is 0.468. The third-order valence-corrected chi connectivity index (χ3v) is 5.02. The van der Waals surface area contributed by atoms with E-state index in [1.165, 1.54) is 0 Å². The molecule has 3 rings (SSSR count). The fourth-order valence-corrected chi connectivity index (χ4v) is 3.32. The van der Waals surface area contributed by atoms with Crippen LogP contribution in [0.25, 0.3) is 0 Å². The number of aryl methyl sites for hydroxylation is 1. The number of nitrogens with one attached hydrogen (secondary N) is 2. The minimum atomic E-state index is -4.76. The van der Waals surface area contributed by atoms with Gasteiger partial charge >= 0.3 is 18.2 Å². The van der Waals surface area contributed by atoms with Crippen LogP contribution in [0, 0.1) is 6.92 Å². The van der Waals surface area contributed by atoms with Gasteiger partial charge < -0.3 is 20.3 Å². The van der Waals surface area contributed by atoms with Crippen molar-refractivity contribution in [2.24, 2.45) is 0 Å². The van der Waals surface area contributed by atoms with E-state index < -0.39 is 47.4 Å². The van der Waals surface area contributed by atoms with Crippen LogP contribution < -0.4 is 16.2 Å². The van der Waals surface area contributed by atoms with E-state index in [9.17, 15) is 32.7 Å². The predicted molar refractivity (Wildman–Crippen MR) is 120 cm³/mol. The number of alkyl halides is 3. The average molecular weight is 473 g/mol. The average Bonchev–Trinajstić information content (AvgIpc) is 2.76. The summed E-state index contributed by atoms with van der Waals surface area (Å²) in [6, 6.07) is 13.8. The van der Waals surface area contributed by atoms with Crippen LogP contribution in [-0.2, 0) is 17.5 Å². The van der Waals surface area contributed by atoms with E-state index in [-0.39, 0.29) is 6.54 Å². The second kappa shape index (κ2) is 10.2. The van der Waals surface area contributed by atoms with E-state index in [1.54, 1.807) is 54.6 Å². The molecular weight excluding hydrogens is 451 g/mol. The van der Waals surface area contributed by atoms with E-state index >= 15 is 0 Å². The number of carbonyl (C=O) groups excluding carboxylic acids is 1. The Balaban J connectivity index is 1.89. The molecule has 10 heteroatoms. The Morgan fingerprint density at radius 2 is 1.71 bits per heavy atom. The molecule has 3 aromatic rings. The molecule has 0 fully saturated rings. The maximum absolute atomic E-state index is 13.5. The van der Waals surface area contributed by atoms with Crippen LogP contribution in [0.15, 0.2) is 71.7 Å². The first-order valence-electron chi connectivity index (χ1n) is 10.2. The minimum absolute atomic E-state index is 0.134. The van der Waals surface area contributed by atoms with Gasteiger partial charge in [0, 0.05) is 6.20 Å². The second-order valence-electron chi connectivity index (χ2n) is 7.72. The lowest BCUT2D eigenvalue weighted by molar-refractivity contribution is -0.138. The van der Waals surface area contributed by atoms with Crippen LogP contribution >= 0.6 is 0 Å². The Hall–Kier alpha value is -4.08. The molecule has 1 atom stereocenters. The summed E-state index contributed by atoms with van der Waals surface area (Å²) in [5, 5.41) is 13.8. The number of carboxylic acids is 1. The first-order chi connectivity index (χ1) is 16.0. The number of hydrogen-bond donors (Lipinski definition) is 3. The number of hydrogen-bond acceptors (Lipinski definition) is 3. The molecule has 2 amide bonds. The van der Waals surface area contributed by atoms with Crippen LogP contribution in [0.1, 0.15) is 34.7 Å². The molecule has 0 radical (unpaired) electrons. The molecule has 1 heterocycles. The molecule has 0 aliphatic heterocycles. The minimum Gasteiger partial charge on any atom is -0.481 e. The zero-order chi connectivity index (χ0) is 24.9. The van der Waals surface area contributed by atoms with Gasteiger partial charge in [-0.05, 0) is 24.1 Å². The van der Waals surface area contributed by atoms with E-state index in [0.717, 1.165) is 10.1 Å². The molecule has 0 spiro atoms. The number of pyridine rings is 1. The number of urea groups is 1. The number of halogens is 3. The van der Waals surface area contributed by atoms with Crippen molar-refractivity contribution in [1.29, 1.82) is 0 Å². The SMILES string of the molecule is Cc1ccc([C@H](CC(=O)O)NC(=O)Nc2cc(C(F)(F)F)cn(Cc3ccccc3)c2=O)cc1. The smallest absolute Gasteiger partial charge is 0.417 e. The summed E-state index contributed by atoms with van der Waals surface area (Å²) >= 11 is 0. The number of rotatable bonds is 7. The van der Waals surface area contributed by atoms with Crippen molar-refractivity contribution in [2.45, 2.75) is 32.1 Å². The van der Waals surface area contributed by atoms with Crippen molar-refractivity contribution in [2.75, 3.05) is 5.32 Å². The van der Waals surface area contributed by atoms with Gasteiger partial charge in [0.25, 0.3) is 5.56 Å². The highest BCUT2D eigenvalue weighted by molar-refractivity contribution is 5.89. The lowest BCUT2D eigenvalue weighted by atomic mass is 10.0. The number of benzene rings is 2. The molecule has 0 saturated heterocycles. The number of anilines is 1. The zero-order valence-electron chi connectivity index (χ0n) is 18.1. The molecule has 2 aromatic carbocycles. The molecule has 0 aliphatic rings. The topological polar surface area (TPSA) is 100 Å². The highest BCUT2D eigenvalue weighted by Gasteiger charge is 2.32. The number of carboxylic acid groups (broad SMARTS) is 1. The van der Waals surface area contributed by atoms with Crippen molar-refractivity contribution < 1.29 is 27.9 Å². The molecule has 7 nitrogen and oxygen atoms in total. The summed E-state index contributed by atoms with van der Waals surface area (Å²) < 4.78 is 41.2. The Labute approximate surface area is 192 Å². The molecule has 34 heavy (non-hydrogen) atoms. The van der Waals surface area contributed by atoms with Gasteiger partial charge in [-0.25, -0.2) is 4.79 Å². The van der Waals surface area contributed by atoms with E-state index in [1.807, 2.05) is 6.92 Å². The van der Waals surface area contributed by atoms with E-state index in [4.69, 9.17) is 0 Å². The van der Waals surface area contributed by atoms with Gasteiger partial charge in [-0.1, -0.05) is 60.2 Å². The van der Waals surface area contributed by atoms with Crippen molar-refractivity contribution in [3.63, 3.8) is 0 Å². The number of aliphatic carboxylic acids is 1. The molecule has 178 valence electrons. The van der Waals surface area contributed by atoms with Crippen LogP contribution in [0.5, 0.6) is 0 Å². The van der Waals surface area contributed by atoms with Crippen molar-refractivity contribution in [1.82, 2.24) is 9.88 Å². The van der Waals surface area contributed by atoms with Gasteiger partial charge in [-0.15, -0.1) is 0 Å². The summed E-state index contributed by atoms with van der Waals surface area (Å²) in [5.41, 5.74) is -0.517. The fourth-order valence-electron chi connectivity index (χ4n) is 3.32. The van der Waals surface area contributed by atoms with Gasteiger partial charge in [0.1, 0.15) is 5.69 Å². The summed E-state index contributed by atoms with van der Waals surface area (Å²) in [6.07, 6.45) is -4.53. The van der Waals surface area contributed by atoms with Crippen LogP contribution in [0.4, 0.5) is 23.7 Å².